The molecule has 1 aliphatic heterocycles. The first-order valence-electron chi connectivity index (χ1n) is 9.93. The van der Waals surface area contributed by atoms with Crippen LogP contribution in [-0.2, 0) is 16.1 Å². The molecule has 0 radical (unpaired) electrons. The summed E-state index contributed by atoms with van der Waals surface area (Å²) in [5.41, 5.74) is 1.86. The maximum Gasteiger partial charge on any atom is 0.230 e. The van der Waals surface area contributed by atoms with Crippen LogP contribution in [0.3, 0.4) is 0 Å². The predicted molar refractivity (Wildman–Crippen MR) is 114 cm³/mol. The van der Waals surface area contributed by atoms with E-state index in [2.05, 4.69) is 15.5 Å². The van der Waals surface area contributed by atoms with Gasteiger partial charge < -0.3 is 10.1 Å². The van der Waals surface area contributed by atoms with Gasteiger partial charge in [0.05, 0.1) is 18.4 Å². The van der Waals surface area contributed by atoms with Gasteiger partial charge in [-0.15, -0.1) is 10.2 Å². The number of nitrogens with zero attached hydrogens (tertiary/aromatic N) is 3. The Hall–Kier alpha value is -2.71. The van der Waals surface area contributed by atoms with E-state index in [1.165, 1.54) is 23.9 Å². The first-order chi connectivity index (χ1) is 14.7. The summed E-state index contributed by atoms with van der Waals surface area (Å²) in [6, 6.07) is 16.1. The van der Waals surface area contributed by atoms with Crippen molar-refractivity contribution in [1.82, 2.24) is 20.1 Å². The summed E-state index contributed by atoms with van der Waals surface area (Å²) < 4.78 is 20.8. The molecular weight excluding hydrogens is 403 g/mol. The zero-order valence-electron chi connectivity index (χ0n) is 16.5. The smallest absolute Gasteiger partial charge is 0.230 e. The van der Waals surface area contributed by atoms with E-state index >= 15 is 0 Å². The molecule has 1 N–H and O–H groups in total. The summed E-state index contributed by atoms with van der Waals surface area (Å²) in [6.45, 7) is 1.86. The number of hydrogen-bond acceptors (Lipinski definition) is 5. The minimum Gasteiger partial charge on any atom is -0.376 e. The second-order valence-electron chi connectivity index (χ2n) is 7.11. The number of amides is 1. The van der Waals surface area contributed by atoms with E-state index in [4.69, 9.17) is 4.74 Å². The van der Waals surface area contributed by atoms with Crippen molar-refractivity contribution < 1.29 is 13.9 Å². The van der Waals surface area contributed by atoms with Crippen molar-refractivity contribution >= 4 is 17.7 Å². The minimum atomic E-state index is -0.301. The van der Waals surface area contributed by atoms with Crippen LogP contribution < -0.4 is 5.32 Å². The van der Waals surface area contributed by atoms with Crippen molar-refractivity contribution in [3.8, 4) is 11.4 Å². The number of hydrogen-bond donors (Lipinski definition) is 1. The van der Waals surface area contributed by atoms with Gasteiger partial charge in [-0.05, 0) is 42.7 Å². The molecule has 1 saturated heterocycles. The average Bonchev–Trinajstić information content (AvgIpc) is 3.42. The van der Waals surface area contributed by atoms with Gasteiger partial charge in [-0.1, -0.05) is 42.1 Å². The maximum atomic E-state index is 13.3. The molecule has 1 amide bonds. The van der Waals surface area contributed by atoms with E-state index in [1.54, 1.807) is 12.1 Å². The SMILES string of the molecule is O=C(CSc1nnc(-c2ccc(F)cc2)n1Cc1ccccc1)NC[C@H]1CCCO1. The lowest BCUT2D eigenvalue weighted by atomic mass is 10.2. The Labute approximate surface area is 178 Å². The molecule has 0 unspecified atom stereocenters. The molecular formula is C22H23FN4O2S. The van der Waals surface area contributed by atoms with Gasteiger partial charge in [0.25, 0.3) is 0 Å². The number of benzene rings is 2. The zero-order valence-corrected chi connectivity index (χ0v) is 17.3. The van der Waals surface area contributed by atoms with Gasteiger partial charge in [-0.25, -0.2) is 4.39 Å². The van der Waals surface area contributed by atoms with Gasteiger partial charge in [0.1, 0.15) is 5.82 Å². The van der Waals surface area contributed by atoms with E-state index in [0.29, 0.717) is 24.1 Å². The normalized spacial score (nSPS) is 16.0. The van der Waals surface area contributed by atoms with Crippen LogP contribution in [0.15, 0.2) is 59.8 Å². The zero-order chi connectivity index (χ0) is 20.8. The molecule has 2 aromatic carbocycles. The van der Waals surface area contributed by atoms with Crippen molar-refractivity contribution in [1.29, 1.82) is 0 Å². The van der Waals surface area contributed by atoms with Gasteiger partial charge in [-0.2, -0.15) is 0 Å². The number of aromatic nitrogens is 3. The molecule has 3 aromatic rings. The lowest BCUT2D eigenvalue weighted by Gasteiger charge is -2.12. The van der Waals surface area contributed by atoms with Crippen molar-refractivity contribution in [2.75, 3.05) is 18.9 Å². The monoisotopic (exact) mass is 426 g/mol. The Kier molecular flexibility index (Phi) is 6.76. The number of rotatable bonds is 8. The molecule has 1 aliphatic rings. The number of nitrogens with one attached hydrogen (secondary N) is 1. The lowest BCUT2D eigenvalue weighted by molar-refractivity contribution is -0.119. The first-order valence-corrected chi connectivity index (χ1v) is 10.9. The second-order valence-corrected chi connectivity index (χ2v) is 8.06. The van der Waals surface area contributed by atoms with Crippen molar-refractivity contribution in [3.63, 3.8) is 0 Å². The molecule has 2 heterocycles. The summed E-state index contributed by atoms with van der Waals surface area (Å²) in [7, 11) is 0. The highest BCUT2D eigenvalue weighted by Gasteiger charge is 2.18. The van der Waals surface area contributed by atoms with Gasteiger partial charge in [0.15, 0.2) is 11.0 Å². The molecule has 156 valence electrons. The molecule has 30 heavy (non-hydrogen) atoms. The van der Waals surface area contributed by atoms with Crippen LogP contribution in [0.1, 0.15) is 18.4 Å². The van der Waals surface area contributed by atoms with E-state index in [9.17, 15) is 9.18 Å². The summed E-state index contributed by atoms with van der Waals surface area (Å²) >= 11 is 1.34. The molecule has 4 rings (SSSR count). The van der Waals surface area contributed by atoms with Crippen molar-refractivity contribution in [3.05, 3.63) is 66.0 Å². The van der Waals surface area contributed by atoms with E-state index in [0.717, 1.165) is 30.6 Å². The van der Waals surface area contributed by atoms with Crippen molar-refractivity contribution in [2.24, 2.45) is 0 Å². The average molecular weight is 427 g/mol. The van der Waals surface area contributed by atoms with Crippen LogP contribution in [-0.4, -0.2) is 45.7 Å². The van der Waals surface area contributed by atoms with Crippen LogP contribution >= 0.6 is 11.8 Å². The van der Waals surface area contributed by atoms with Crippen LogP contribution in [0.5, 0.6) is 0 Å². The molecule has 6 nitrogen and oxygen atoms in total. The number of ether oxygens (including phenoxy) is 1. The van der Waals surface area contributed by atoms with Crippen molar-refractivity contribution in [2.45, 2.75) is 30.6 Å². The molecule has 1 aromatic heterocycles. The third-order valence-corrected chi connectivity index (χ3v) is 5.85. The fourth-order valence-corrected chi connectivity index (χ4v) is 4.10. The lowest BCUT2D eigenvalue weighted by Crippen LogP contribution is -2.32. The Bertz CT molecular complexity index is 973. The molecule has 0 aliphatic carbocycles. The largest absolute Gasteiger partial charge is 0.376 e. The molecule has 8 heteroatoms. The van der Waals surface area contributed by atoms with Gasteiger partial charge in [0.2, 0.25) is 5.91 Å². The highest BCUT2D eigenvalue weighted by atomic mass is 32.2. The first kappa shape index (κ1) is 20.6. The Morgan fingerprint density at radius 1 is 1.17 bits per heavy atom. The Morgan fingerprint density at radius 2 is 1.97 bits per heavy atom. The highest BCUT2D eigenvalue weighted by Crippen LogP contribution is 2.25. The Morgan fingerprint density at radius 3 is 2.70 bits per heavy atom. The quantitative estimate of drug-likeness (QED) is 0.558. The van der Waals surface area contributed by atoms with E-state index in [1.807, 2.05) is 34.9 Å². The number of carbonyl (C=O) groups excluding carboxylic acids is 1. The number of halogens is 1. The number of carbonyl (C=O) groups is 1. The summed E-state index contributed by atoms with van der Waals surface area (Å²) in [6.07, 6.45) is 2.15. The fourth-order valence-electron chi connectivity index (χ4n) is 3.33. The minimum absolute atomic E-state index is 0.0620. The van der Waals surface area contributed by atoms with Gasteiger partial charge >= 0.3 is 0 Å². The molecule has 1 atom stereocenters. The molecule has 1 fully saturated rings. The summed E-state index contributed by atoms with van der Waals surface area (Å²) in [4.78, 5) is 12.3. The van der Waals surface area contributed by atoms with Crippen LogP contribution in [0.4, 0.5) is 4.39 Å². The second kappa shape index (κ2) is 9.86. The van der Waals surface area contributed by atoms with Crippen LogP contribution in [0.25, 0.3) is 11.4 Å². The third-order valence-electron chi connectivity index (χ3n) is 4.89. The predicted octanol–water partition coefficient (Wildman–Crippen LogP) is 3.52. The maximum absolute atomic E-state index is 13.3. The van der Waals surface area contributed by atoms with Crippen LogP contribution in [0.2, 0.25) is 0 Å². The third kappa shape index (κ3) is 5.25. The standard InChI is InChI=1S/C22H23FN4O2S/c23-18-10-8-17(9-11-18)21-25-26-22(27(21)14-16-5-2-1-3-6-16)30-15-20(28)24-13-19-7-4-12-29-19/h1-3,5-6,8-11,19H,4,7,12-15H2,(H,24,28)/t19-/m1/s1. The molecule has 0 saturated carbocycles. The van der Waals surface area contributed by atoms with E-state index < -0.39 is 0 Å². The Balaban J connectivity index is 1.48. The molecule has 0 bridgehead atoms. The summed E-state index contributed by atoms with van der Waals surface area (Å²) in [5.74, 6) is 0.517. The van der Waals surface area contributed by atoms with Gasteiger partial charge in [0, 0.05) is 18.7 Å². The summed E-state index contributed by atoms with van der Waals surface area (Å²) in [5, 5.41) is 12.2. The molecule has 0 spiro atoms. The number of thioether (sulfide) groups is 1. The fraction of sp³-hybridized carbons (Fsp3) is 0.318. The topological polar surface area (TPSA) is 69.0 Å². The highest BCUT2D eigenvalue weighted by molar-refractivity contribution is 7.99. The van der Waals surface area contributed by atoms with Crippen LogP contribution in [0, 0.1) is 5.82 Å². The van der Waals surface area contributed by atoms with E-state index in [-0.39, 0.29) is 23.6 Å². The van der Waals surface area contributed by atoms with Gasteiger partial charge in [-0.3, -0.25) is 9.36 Å².